The molecule has 4 rings (SSSR count). The molecule has 4 heterocycles. The lowest BCUT2D eigenvalue weighted by atomic mass is 10.0. The van der Waals surface area contributed by atoms with Crippen LogP contribution in [0.15, 0.2) is 24.5 Å². The fourth-order valence-electron chi connectivity index (χ4n) is 4.96. The van der Waals surface area contributed by atoms with Gasteiger partial charge in [-0.15, -0.1) is 0 Å². The van der Waals surface area contributed by atoms with E-state index in [1.807, 2.05) is 18.5 Å². The van der Waals surface area contributed by atoms with Gasteiger partial charge in [0.25, 0.3) is 0 Å². The number of sulfonamides is 1. The van der Waals surface area contributed by atoms with E-state index in [-0.39, 0.29) is 18.2 Å². The molecule has 3 aliphatic rings. The summed E-state index contributed by atoms with van der Waals surface area (Å²) in [4.78, 5) is 6.65. The summed E-state index contributed by atoms with van der Waals surface area (Å²) in [6.45, 7) is 3.06. The minimum atomic E-state index is -3.09. The Morgan fingerprint density at radius 2 is 1.81 bits per heavy atom. The van der Waals surface area contributed by atoms with Crippen molar-refractivity contribution in [1.29, 1.82) is 0 Å². The fourth-order valence-corrected chi connectivity index (χ4v) is 6.43. The van der Waals surface area contributed by atoms with E-state index < -0.39 is 10.0 Å². The van der Waals surface area contributed by atoms with Gasteiger partial charge in [-0.25, -0.2) is 8.42 Å². The molecule has 3 saturated heterocycles. The van der Waals surface area contributed by atoms with Crippen LogP contribution in [0.3, 0.4) is 0 Å². The lowest BCUT2D eigenvalue weighted by Gasteiger charge is -2.40. The number of rotatable bonds is 5. The molecule has 2 bridgehead atoms. The Morgan fingerprint density at radius 1 is 1.12 bits per heavy atom. The number of nitrogens with zero attached hydrogens (tertiary/aromatic N) is 3. The van der Waals surface area contributed by atoms with Crippen molar-refractivity contribution in [2.75, 3.05) is 19.3 Å². The third-order valence-corrected chi connectivity index (χ3v) is 7.42. The zero-order valence-corrected chi connectivity index (χ0v) is 16.3. The topological polar surface area (TPSA) is 62.7 Å². The number of hydrogen-bond donors (Lipinski definition) is 0. The Balaban J connectivity index is 1.26. The van der Waals surface area contributed by atoms with Crippen molar-refractivity contribution >= 4 is 10.0 Å². The minimum absolute atomic E-state index is 0.152. The highest BCUT2D eigenvalue weighted by atomic mass is 32.2. The summed E-state index contributed by atoms with van der Waals surface area (Å²) in [7, 11) is -3.09. The van der Waals surface area contributed by atoms with E-state index in [9.17, 15) is 8.42 Å². The third-order valence-electron chi connectivity index (χ3n) is 6.05. The summed E-state index contributed by atoms with van der Waals surface area (Å²) in [5, 5.41) is 0. The molecule has 3 atom stereocenters. The average Bonchev–Trinajstić information content (AvgIpc) is 2.90. The van der Waals surface area contributed by atoms with Crippen molar-refractivity contribution in [1.82, 2.24) is 14.2 Å². The first kappa shape index (κ1) is 18.3. The largest absolute Gasteiger partial charge is 0.375 e. The second-order valence-electron chi connectivity index (χ2n) is 8.04. The lowest BCUT2D eigenvalue weighted by molar-refractivity contribution is -0.0696. The van der Waals surface area contributed by atoms with Crippen LogP contribution in [0.25, 0.3) is 0 Å². The maximum atomic E-state index is 12.0. The average molecular weight is 380 g/mol. The SMILES string of the molecule is CS(=O)(=O)N1[C@@H]2CC[C@H]1CC(OC1CCN(Cc3cccnc3)CC1)C2. The number of likely N-dealkylation sites (tertiary alicyclic amines) is 1. The zero-order valence-electron chi connectivity index (χ0n) is 15.5. The van der Waals surface area contributed by atoms with Crippen LogP contribution in [-0.4, -0.2) is 66.2 Å². The summed E-state index contributed by atoms with van der Waals surface area (Å²) in [5.74, 6) is 0. The first-order chi connectivity index (χ1) is 12.5. The van der Waals surface area contributed by atoms with E-state index in [1.54, 1.807) is 4.31 Å². The number of fused-ring (bicyclic) bond motifs is 2. The fraction of sp³-hybridized carbons (Fsp3) is 0.737. The van der Waals surface area contributed by atoms with Gasteiger partial charge in [-0.2, -0.15) is 4.31 Å². The van der Waals surface area contributed by atoms with Crippen LogP contribution in [0.4, 0.5) is 0 Å². The van der Waals surface area contributed by atoms with Gasteiger partial charge in [0.05, 0.1) is 18.5 Å². The molecule has 0 spiro atoms. The van der Waals surface area contributed by atoms with E-state index in [1.165, 1.54) is 11.8 Å². The summed E-state index contributed by atoms with van der Waals surface area (Å²) >= 11 is 0. The van der Waals surface area contributed by atoms with Gasteiger partial charge < -0.3 is 4.74 Å². The monoisotopic (exact) mass is 379 g/mol. The maximum absolute atomic E-state index is 12.0. The van der Waals surface area contributed by atoms with Gasteiger partial charge in [0.15, 0.2) is 0 Å². The van der Waals surface area contributed by atoms with Crippen LogP contribution in [0.1, 0.15) is 44.1 Å². The second kappa shape index (κ2) is 7.54. The van der Waals surface area contributed by atoms with E-state index >= 15 is 0 Å². The van der Waals surface area contributed by atoms with E-state index in [2.05, 4.69) is 16.0 Å². The molecule has 0 amide bonds. The predicted octanol–water partition coefficient (Wildman–Crippen LogP) is 2.02. The van der Waals surface area contributed by atoms with Crippen LogP contribution in [-0.2, 0) is 21.3 Å². The molecule has 0 N–H and O–H groups in total. The zero-order chi connectivity index (χ0) is 18.1. The Hall–Kier alpha value is -1.02. The van der Waals surface area contributed by atoms with E-state index in [0.29, 0.717) is 6.10 Å². The van der Waals surface area contributed by atoms with Crippen LogP contribution in [0.5, 0.6) is 0 Å². The van der Waals surface area contributed by atoms with Gasteiger partial charge in [-0.3, -0.25) is 9.88 Å². The molecule has 6 nitrogen and oxygen atoms in total. The summed E-state index contributed by atoms with van der Waals surface area (Å²) in [5.41, 5.74) is 1.26. The quantitative estimate of drug-likeness (QED) is 0.783. The molecule has 0 saturated carbocycles. The Morgan fingerprint density at radius 3 is 2.38 bits per heavy atom. The van der Waals surface area contributed by atoms with Crippen molar-refractivity contribution in [2.24, 2.45) is 0 Å². The van der Waals surface area contributed by atoms with Crippen LogP contribution >= 0.6 is 0 Å². The van der Waals surface area contributed by atoms with E-state index in [0.717, 1.165) is 58.2 Å². The van der Waals surface area contributed by atoms with Crippen LogP contribution < -0.4 is 0 Å². The van der Waals surface area contributed by atoms with Crippen molar-refractivity contribution in [2.45, 2.75) is 69.4 Å². The highest BCUT2D eigenvalue weighted by Crippen LogP contribution is 2.39. The van der Waals surface area contributed by atoms with Gasteiger partial charge in [-0.1, -0.05) is 6.07 Å². The highest BCUT2D eigenvalue weighted by Gasteiger charge is 2.46. The maximum Gasteiger partial charge on any atom is 0.211 e. The van der Waals surface area contributed by atoms with Gasteiger partial charge in [0.2, 0.25) is 10.0 Å². The molecule has 26 heavy (non-hydrogen) atoms. The molecule has 0 aromatic carbocycles. The molecule has 0 aliphatic carbocycles. The van der Waals surface area contributed by atoms with Gasteiger partial charge in [0, 0.05) is 44.1 Å². The Labute approximate surface area is 156 Å². The minimum Gasteiger partial charge on any atom is -0.375 e. The van der Waals surface area contributed by atoms with Crippen LogP contribution in [0, 0.1) is 0 Å². The molecule has 3 aliphatic heterocycles. The van der Waals surface area contributed by atoms with E-state index in [4.69, 9.17) is 4.74 Å². The molecule has 1 unspecified atom stereocenters. The molecular weight excluding hydrogens is 350 g/mol. The summed E-state index contributed by atoms with van der Waals surface area (Å²) in [6.07, 6.45) is 11.4. The summed E-state index contributed by atoms with van der Waals surface area (Å²) < 4.78 is 32.2. The normalized spacial score (nSPS) is 31.3. The molecular formula is C19H29N3O3S. The van der Waals surface area contributed by atoms with Gasteiger partial charge >= 0.3 is 0 Å². The van der Waals surface area contributed by atoms with Crippen molar-refractivity contribution in [3.63, 3.8) is 0 Å². The first-order valence-corrected chi connectivity index (χ1v) is 11.6. The van der Waals surface area contributed by atoms with Gasteiger partial charge in [0.1, 0.15) is 0 Å². The van der Waals surface area contributed by atoms with Crippen LogP contribution in [0.2, 0.25) is 0 Å². The van der Waals surface area contributed by atoms with Crippen molar-refractivity contribution in [3.05, 3.63) is 30.1 Å². The molecule has 7 heteroatoms. The predicted molar refractivity (Wildman–Crippen MR) is 100 cm³/mol. The molecule has 144 valence electrons. The first-order valence-electron chi connectivity index (χ1n) is 9.74. The number of aromatic nitrogens is 1. The smallest absolute Gasteiger partial charge is 0.211 e. The molecule has 1 aromatic heterocycles. The number of ether oxygens (including phenoxy) is 1. The highest BCUT2D eigenvalue weighted by molar-refractivity contribution is 7.88. The standard InChI is InChI=1S/C19H29N3O3S/c1-26(23,24)22-16-4-5-17(22)12-19(11-16)25-18-6-9-21(10-7-18)14-15-3-2-8-20-13-15/h2-3,8,13,16-19H,4-7,9-12,14H2,1H3/t16-,17+,19?. The third kappa shape index (κ3) is 4.11. The molecule has 1 aromatic rings. The molecule has 0 radical (unpaired) electrons. The van der Waals surface area contributed by atoms with Crippen molar-refractivity contribution in [3.8, 4) is 0 Å². The lowest BCUT2D eigenvalue weighted by Crippen LogP contribution is -2.49. The number of hydrogen-bond acceptors (Lipinski definition) is 5. The van der Waals surface area contributed by atoms with Crippen molar-refractivity contribution < 1.29 is 13.2 Å². The molecule has 3 fully saturated rings. The van der Waals surface area contributed by atoms with Gasteiger partial charge in [-0.05, 0) is 50.2 Å². The second-order valence-corrected chi connectivity index (χ2v) is 9.93. The summed E-state index contributed by atoms with van der Waals surface area (Å²) in [6, 6.07) is 4.42. The Kier molecular flexibility index (Phi) is 5.32. The Bertz CT molecular complexity index is 690. The number of pyridine rings is 1. The number of piperidine rings is 2.